The van der Waals surface area contributed by atoms with Crippen LogP contribution in [0.15, 0.2) is 192 Å². The number of fused-ring (bicyclic) bond motifs is 6. The lowest BCUT2D eigenvalue weighted by atomic mass is 10.0. The first-order valence-corrected chi connectivity index (χ1v) is 19.5. The first-order valence-electron chi connectivity index (χ1n) is 18.7. The van der Waals surface area contributed by atoms with Gasteiger partial charge in [0.25, 0.3) is 0 Å². The minimum Gasteiger partial charge on any atom is -0.455 e. The molecule has 4 nitrogen and oxygen atoms in total. The monoisotopic (exact) mass is 733 g/mol. The standard InChI is InChI=1S/C51H31N3OS/c1-4-14-32(15-5-1)33-28-30-36(31-29-33)49-52-50(42-25-13-27-44-45(42)41-24-10-20-37(46(41)55-44)34-16-6-2-7-17-34)54-51(53-49)43-26-12-23-40-39-22-11-21-38(47(39)56-48(40)43)35-18-8-3-9-19-35/h1-31H. The summed E-state index contributed by atoms with van der Waals surface area (Å²) in [6.07, 6.45) is 0. The minimum atomic E-state index is 0.596. The number of thiophene rings is 1. The predicted molar refractivity (Wildman–Crippen MR) is 233 cm³/mol. The van der Waals surface area contributed by atoms with Gasteiger partial charge >= 0.3 is 0 Å². The Balaban J connectivity index is 1.14. The van der Waals surface area contributed by atoms with Gasteiger partial charge in [-0.2, -0.15) is 0 Å². The average molecular weight is 734 g/mol. The summed E-state index contributed by atoms with van der Waals surface area (Å²) in [4.78, 5) is 15.8. The number of aromatic nitrogens is 3. The maximum Gasteiger partial charge on any atom is 0.165 e. The SMILES string of the molecule is c1ccc(-c2ccc(-c3nc(-c4cccc5c4sc4c(-c6ccccc6)cccc45)nc(-c4cccc5oc6c(-c7ccccc7)cccc6c45)n3)cc2)cc1. The fourth-order valence-electron chi connectivity index (χ4n) is 7.91. The molecule has 3 heterocycles. The number of furan rings is 1. The summed E-state index contributed by atoms with van der Waals surface area (Å²) in [6, 6.07) is 65.5. The summed E-state index contributed by atoms with van der Waals surface area (Å²) in [7, 11) is 0. The van der Waals surface area contributed by atoms with Crippen molar-refractivity contribution in [1.82, 2.24) is 15.0 Å². The zero-order chi connectivity index (χ0) is 37.0. The van der Waals surface area contributed by atoms with Crippen molar-refractivity contribution >= 4 is 53.4 Å². The molecule has 262 valence electrons. The number of rotatable bonds is 6. The van der Waals surface area contributed by atoms with Crippen LogP contribution >= 0.6 is 11.3 Å². The predicted octanol–water partition coefficient (Wildman–Crippen LogP) is 14.1. The molecule has 0 radical (unpaired) electrons. The molecule has 3 aromatic heterocycles. The Hall–Kier alpha value is -7.21. The number of para-hydroxylation sites is 1. The van der Waals surface area contributed by atoms with Crippen LogP contribution in [0.5, 0.6) is 0 Å². The maximum atomic E-state index is 6.65. The minimum absolute atomic E-state index is 0.596. The highest BCUT2D eigenvalue weighted by Crippen LogP contribution is 2.44. The summed E-state index contributed by atoms with van der Waals surface area (Å²) in [6.45, 7) is 0. The molecule has 56 heavy (non-hydrogen) atoms. The molecule has 8 aromatic carbocycles. The molecule has 11 rings (SSSR count). The maximum absolute atomic E-state index is 6.65. The molecule has 0 atom stereocenters. The fourth-order valence-corrected chi connectivity index (χ4v) is 9.25. The Morgan fingerprint density at radius 2 is 0.786 bits per heavy atom. The lowest BCUT2D eigenvalue weighted by Crippen LogP contribution is -2.00. The van der Waals surface area contributed by atoms with Crippen LogP contribution in [0.2, 0.25) is 0 Å². The van der Waals surface area contributed by atoms with Gasteiger partial charge in [0.1, 0.15) is 11.2 Å². The number of nitrogens with zero attached hydrogens (tertiary/aromatic N) is 3. The zero-order valence-electron chi connectivity index (χ0n) is 30.1. The summed E-state index contributed by atoms with van der Waals surface area (Å²) < 4.78 is 9.05. The molecule has 11 aromatic rings. The first-order chi connectivity index (χ1) is 27.8. The molecule has 0 saturated carbocycles. The number of hydrogen-bond acceptors (Lipinski definition) is 5. The molecule has 0 fully saturated rings. The average Bonchev–Trinajstić information content (AvgIpc) is 3.86. The van der Waals surface area contributed by atoms with Crippen LogP contribution in [0.25, 0.3) is 110 Å². The van der Waals surface area contributed by atoms with Crippen LogP contribution in [0, 0.1) is 0 Å². The van der Waals surface area contributed by atoms with Crippen LogP contribution in [-0.4, -0.2) is 15.0 Å². The van der Waals surface area contributed by atoms with Crippen molar-refractivity contribution in [1.29, 1.82) is 0 Å². The third kappa shape index (κ3) is 5.40. The van der Waals surface area contributed by atoms with Crippen molar-refractivity contribution in [2.24, 2.45) is 0 Å². The van der Waals surface area contributed by atoms with E-state index in [9.17, 15) is 0 Å². The highest BCUT2D eigenvalue weighted by atomic mass is 32.1. The molecule has 5 heteroatoms. The summed E-state index contributed by atoms with van der Waals surface area (Å²) in [5, 5.41) is 4.42. The Labute approximate surface area is 327 Å². The summed E-state index contributed by atoms with van der Waals surface area (Å²) >= 11 is 1.80. The van der Waals surface area contributed by atoms with Gasteiger partial charge in [-0.15, -0.1) is 11.3 Å². The molecule has 0 aliphatic rings. The van der Waals surface area contributed by atoms with E-state index in [2.05, 4.69) is 164 Å². The van der Waals surface area contributed by atoms with Crippen LogP contribution in [0.1, 0.15) is 0 Å². The van der Waals surface area contributed by atoms with Crippen molar-refractivity contribution in [3.05, 3.63) is 188 Å². The molecule has 0 aliphatic carbocycles. The Bertz CT molecular complexity index is 3230. The van der Waals surface area contributed by atoms with Gasteiger partial charge in [0.15, 0.2) is 17.5 Å². The molecule has 0 spiro atoms. The molecule has 0 aliphatic heterocycles. The highest BCUT2D eigenvalue weighted by Gasteiger charge is 2.21. The molecule has 0 bridgehead atoms. The topological polar surface area (TPSA) is 51.8 Å². The Kier molecular flexibility index (Phi) is 7.64. The van der Waals surface area contributed by atoms with Gasteiger partial charge in [0, 0.05) is 53.2 Å². The fraction of sp³-hybridized carbons (Fsp3) is 0. The lowest BCUT2D eigenvalue weighted by Gasteiger charge is -2.10. The molecule has 0 amide bonds. The molecular weight excluding hydrogens is 703 g/mol. The molecular formula is C51H31N3OS. The van der Waals surface area contributed by atoms with Crippen LogP contribution < -0.4 is 0 Å². The van der Waals surface area contributed by atoms with E-state index in [1.807, 2.05) is 24.3 Å². The van der Waals surface area contributed by atoms with Crippen molar-refractivity contribution in [2.45, 2.75) is 0 Å². The van der Waals surface area contributed by atoms with Gasteiger partial charge in [-0.05, 0) is 39.9 Å². The summed E-state index contributed by atoms with van der Waals surface area (Å²) in [5.41, 5.74) is 11.3. The van der Waals surface area contributed by atoms with E-state index in [0.29, 0.717) is 17.5 Å². The molecule has 0 N–H and O–H groups in total. The second-order valence-electron chi connectivity index (χ2n) is 13.9. The smallest absolute Gasteiger partial charge is 0.165 e. The second kappa shape index (κ2) is 13.3. The third-order valence-corrected chi connectivity index (χ3v) is 11.9. The first kappa shape index (κ1) is 32.2. The van der Waals surface area contributed by atoms with Gasteiger partial charge in [0.2, 0.25) is 0 Å². The van der Waals surface area contributed by atoms with Crippen LogP contribution in [-0.2, 0) is 0 Å². The number of hydrogen-bond donors (Lipinski definition) is 0. The van der Waals surface area contributed by atoms with Crippen LogP contribution in [0.4, 0.5) is 0 Å². The normalized spacial score (nSPS) is 11.6. The van der Waals surface area contributed by atoms with E-state index in [1.165, 1.54) is 26.6 Å². The summed E-state index contributed by atoms with van der Waals surface area (Å²) in [5.74, 6) is 1.84. The van der Waals surface area contributed by atoms with Crippen LogP contribution in [0.3, 0.4) is 0 Å². The van der Waals surface area contributed by atoms with E-state index >= 15 is 0 Å². The van der Waals surface area contributed by atoms with Crippen molar-refractivity contribution in [3.8, 4) is 67.5 Å². The number of benzene rings is 8. The van der Waals surface area contributed by atoms with Gasteiger partial charge in [-0.3, -0.25) is 0 Å². The van der Waals surface area contributed by atoms with Gasteiger partial charge in [-0.25, -0.2) is 15.0 Å². The van der Waals surface area contributed by atoms with E-state index < -0.39 is 0 Å². The van der Waals surface area contributed by atoms with Crippen molar-refractivity contribution < 1.29 is 4.42 Å². The Morgan fingerprint density at radius 3 is 1.46 bits per heavy atom. The largest absolute Gasteiger partial charge is 0.455 e. The quantitative estimate of drug-likeness (QED) is 0.171. The highest BCUT2D eigenvalue weighted by molar-refractivity contribution is 7.26. The van der Waals surface area contributed by atoms with E-state index in [1.54, 1.807) is 11.3 Å². The molecule has 0 unspecified atom stereocenters. The third-order valence-electron chi connectivity index (χ3n) is 10.6. The second-order valence-corrected chi connectivity index (χ2v) is 14.9. The lowest BCUT2D eigenvalue weighted by molar-refractivity contribution is 0.670. The van der Waals surface area contributed by atoms with E-state index in [-0.39, 0.29) is 0 Å². The van der Waals surface area contributed by atoms with Crippen molar-refractivity contribution in [3.63, 3.8) is 0 Å². The van der Waals surface area contributed by atoms with Gasteiger partial charge < -0.3 is 4.42 Å². The van der Waals surface area contributed by atoms with E-state index in [0.717, 1.165) is 65.6 Å². The zero-order valence-corrected chi connectivity index (χ0v) is 30.9. The van der Waals surface area contributed by atoms with Gasteiger partial charge in [0.05, 0.1) is 0 Å². The van der Waals surface area contributed by atoms with E-state index in [4.69, 9.17) is 19.4 Å². The van der Waals surface area contributed by atoms with Crippen molar-refractivity contribution in [2.75, 3.05) is 0 Å². The van der Waals surface area contributed by atoms with Gasteiger partial charge in [-0.1, -0.05) is 176 Å². The molecule has 0 saturated heterocycles. The Morgan fingerprint density at radius 1 is 0.321 bits per heavy atom.